The molecule has 1 aliphatic heterocycles. The van der Waals surface area contributed by atoms with E-state index in [2.05, 4.69) is 275 Å². The van der Waals surface area contributed by atoms with Gasteiger partial charge in [0, 0.05) is 60.1 Å². The zero-order valence-electron chi connectivity index (χ0n) is 39.6. The summed E-state index contributed by atoms with van der Waals surface area (Å²) in [5.74, 6) is 0.0470. The van der Waals surface area contributed by atoms with Crippen molar-refractivity contribution < 1.29 is 4.79 Å². The van der Waals surface area contributed by atoms with Gasteiger partial charge in [0.05, 0.1) is 27.8 Å². The first-order chi connectivity index (χ1) is 36.1. The number of hydrogen-bond donors (Lipinski definition) is 0. The van der Waals surface area contributed by atoms with Crippen LogP contribution >= 0.6 is 11.8 Å². The molecular weight excluding hydrogens is 907 g/mol. The van der Waals surface area contributed by atoms with Crippen molar-refractivity contribution in [1.82, 2.24) is 4.57 Å². The van der Waals surface area contributed by atoms with Gasteiger partial charge in [-0.05, 0) is 137 Å². The zero-order chi connectivity index (χ0) is 48.5. The highest BCUT2D eigenvalue weighted by Crippen LogP contribution is 2.54. The third-order valence-electron chi connectivity index (χ3n) is 14.8. The summed E-state index contributed by atoms with van der Waals surface area (Å²) in [6.45, 7) is 0. The molecular formula is C68H45N3OS. The molecule has 12 aromatic rings. The fraction of sp³-hybridized carbons (Fsp3) is 0.0147. The highest BCUT2D eigenvalue weighted by molar-refractivity contribution is 7.99. The van der Waals surface area contributed by atoms with Crippen molar-refractivity contribution in [1.29, 1.82) is 0 Å². The molecule has 0 saturated carbocycles. The molecule has 0 radical (unpaired) electrons. The molecule has 2 heterocycles. The second-order valence-electron chi connectivity index (χ2n) is 18.8. The normalized spacial score (nSPS) is 13.3. The summed E-state index contributed by atoms with van der Waals surface area (Å²) in [5.41, 5.74) is 16.9. The van der Waals surface area contributed by atoms with Crippen LogP contribution in [0.4, 0.5) is 34.1 Å². The van der Waals surface area contributed by atoms with Gasteiger partial charge in [-0.3, -0.25) is 4.79 Å². The minimum atomic E-state index is -0.736. The second-order valence-corrected chi connectivity index (χ2v) is 19.9. The van der Waals surface area contributed by atoms with Gasteiger partial charge in [0.2, 0.25) is 0 Å². The van der Waals surface area contributed by atoms with Crippen molar-refractivity contribution in [2.24, 2.45) is 0 Å². The Morgan fingerprint density at radius 2 is 0.904 bits per heavy atom. The van der Waals surface area contributed by atoms with E-state index in [0.717, 1.165) is 94.8 Å². The van der Waals surface area contributed by atoms with Gasteiger partial charge in [-0.2, -0.15) is 0 Å². The van der Waals surface area contributed by atoms with Crippen LogP contribution in [0.25, 0.3) is 38.6 Å². The van der Waals surface area contributed by atoms with E-state index in [0.29, 0.717) is 0 Å². The maximum atomic E-state index is 14.6. The third kappa shape index (κ3) is 6.81. The van der Waals surface area contributed by atoms with E-state index >= 15 is 0 Å². The molecule has 4 nitrogen and oxygen atoms in total. The lowest BCUT2D eigenvalue weighted by molar-refractivity contribution is 0.103. The van der Waals surface area contributed by atoms with Crippen LogP contribution in [0.15, 0.2) is 283 Å². The SMILES string of the molecule is O=C1c2ccccc2C(c2ccccc2)(c2ccccc2)c2cc(-c3cccc(-n4c5ccc(N(c6ccccc6)c6ccccc6)cc5c5cc(N6c7ccccc7Sc7ccccc76)ccc54)c3)ccc21. The van der Waals surface area contributed by atoms with E-state index in [4.69, 9.17) is 0 Å². The van der Waals surface area contributed by atoms with Gasteiger partial charge in [-0.15, -0.1) is 0 Å². The van der Waals surface area contributed by atoms with Gasteiger partial charge in [0.25, 0.3) is 0 Å². The van der Waals surface area contributed by atoms with Crippen molar-refractivity contribution in [3.8, 4) is 16.8 Å². The van der Waals surface area contributed by atoms with Crippen LogP contribution in [0.1, 0.15) is 38.2 Å². The van der Waals surface area contributed by atoms with E-state index in [-0.39, 0.29) is 5.78 Å². The van der Waals surface area contributed by atoms with Crippen LogP contribution in [0, 0.1) is 0 Å². The Morgan fingerprint density at radius 3 is 1.56 bits per heavy atom. The average molecular weight is 952 g/mol. The Labute approximate surface area is 428 Å². The smallest absolute Gasteiger partial charge is 0.193 e. The van der Waals surface area contributed by atoms with Crippen molar-refractivity contribution >= 4 is 73.5 Å². The van der Waals surface area contributed by atoms with Gasteiger partial charge < -0.3 is 14.4 Å². The number of carbonyl (C=O) groups is 1. The number of aromatic nitrogens is 1. The van der Waals surface area contributed by atoms with E-state index < -0.39 is 5.41 Å². The lowest BCUT2D eigenvalue weighted by Crippen LogP contribution is -2.38. The topological polar surface area (TPSA) is 28.5 Å². The molecule has 14 rings (SSSR count). The maximum Gasteiger partial charge on any atom is 0.193 e. The van der Waals surface area contributed by atoms with Crippen molar-refractivity contribution in [2.45, 2.75) is 15.2 Å². The Hall–Kier alpha value is -9.16. The average Bonchev–Trinajstić information content (AvgIpc) is 3.79. The molecule has 0 fully saturated rings. The second kappa shape index (κ2) is 17.3. The largest absolute Gasteiger partial charge is 0.310 e. The fourth-order valence-corrected chi connectivity index (χ4v) is 12.7. The Bertz CT molecular complexity index is 3970. The van der Waals surface area contributed by atoms with Crippen LogP contribution in [-0.4, -0.2) is 10.4 Å². The summed E-state index contributed by atoms with van der Waals surface area (Å²) in [6.07, 6.45) is 0. The lowest BCUT2D eigenvalue weighted by atomic mass is 9.59. The molecule has 0 bridgehead atoms. The lowest BCUT2D eigenvalue weighted by Gasteiger charge is -2.42. The van der Waals surface area contributed by atoms with E-state index in [1.54, 1.807) is 0 Å². The van der Waals surface area contributed by atoms with Crippen LogP contribution in [-0.2, 0) is 5.41 Å². The van der Waals surface area contributed by atoms with Crippen LogP contribution in [0.2, 0.25) is 0 Å². The molecule has 0 saturated heterocycles. The Morgan fingerprint density at radius 1 is 0.370 bits per heavy atom. The van der Waals surface area contributed by atoms with Gasteiger partial charge in [-0.1, -0.05) is 182 Å². The molecule has 0 amide bonds. The van der Waals surface area contributed by atoms with Gasteiger partial charge in [0.15, 0.2) is 5.78 Å². The van der Waals surface area contributed by atoms with Gasteiger partial charge >= 0.3 is 0 Å². The summed E-state index contributed by atoms with van der Waals surface area (Å²) >= 11 is 1.82. The number of hydrogen-bond acceptors (Lipinski definition) is 4. The number of para-hydroxylation sites is 4. The fourth-order valence-electron chi connectivity index (χ4n) is 11.7. The molecule has 0 atom stereocenters. The molecule has 73 heavy (non-hydrogen) atoms. The van der Waals surface area contributed by atoms with Crippen molar-refractivity contribution in [3.05, 3.63) is 306 Å². The summed E-state index contributed by atoms with van der Waals surface area (Å²) in [4.78, 5) is 21.8. The third-order valence-corrected chi connectivity index (χ3v) is 15.9. The molecule has 0 spiro atoms. The molecule has 0 N–H and O–H groups in total. The number of carbonyl (C=O) groups excluding carboxylic acids is 1. The zero-order valence-corrected chi connectivity index (χ0v) is 40.5. The predicted octanol–water partition coefficient (Wildman–Crippen LogP) is 17.8. The van der Waals surface area contributed by atoms with Crippen molar-refractivity contribution in [2.75, 3.05) is 9.80 Å². The summed E-state index contributed by atoms with van der Waals surface area (Å²) < 4.78 is 2.42. The van der Waals surface area contributed by atoms with Gasteiger partial charge in [0.1, 0.15) is 0 Å². The van der Waals surface area contributed by atoms with Crippen LogP contribution in [0.5, 0.6) is 0 Å². The molecule has 1 aliphatic carbocycles. The summed E-state index contributed by atoms with van der Waals surface area (Å²) in [7, 11) is 0. The minimum Gasteiger partial charge on any atom is -0.310 e. The van der Waals surface area contributed by atoms with E-state index in [1.165, 1.54) is 21.2 Å². The van der Waals surface area contributed by atoms with Crippen molar-refractivity contribution in [3.63, 3.8) is 0 Å². The maximum absolute atomic E-state index is 14.6. The number of anilines is 6. The molecule has 5 heteroatoms. The first-order valence-corrected chi connectivity index (χ1v) is 25.6. The van der Waals surface area contributed by atoms with Gasteiger partial charge in [-0.25, -0.2) is 0 Å². The predicted molar refractivity (Wildman–Crippen MR) is 301 cm³/mol. The highest BCUT2D eigenvalue weighted by Gasteiger charge is 2.46. The molecule has 1 aromatic heterocycles. The first kappa shape index (κ1) is 42.7. The standard InChI is InChI=1S/C68H45N3OS/c72-67-55-30-13-14-31-59(55)68(48-21-5-1-6-22-48,49-23-7-2-8-24-49)60-43-47(36-39-56(60)67)46-20-19-29-52(42-46)70-61-40-37-53(69(50-25-9-3-10-26-50)51-27-11-4-12-28-51)44-57(61)58-45-54(38-41-62(58)70)71-63-32-15-17-34-65(63)73-66-35-18-16-33-64(66)71/h1-45H. The molecule has 344 valence electrons. The molecule has 2 aliphatic rings. The molecule has 11 aromatic carbocycles. The highest BCUT2D eigenvalue weighted by atomic mass is 32.2. The van der Waals surface area contributed by atoms with Crippen LogP contribution < -0.4 is 9.80 Å². The number of nitrogens with zero attached hydrogens (tertiary/aromatic N) is 3. The number of rotatable bonds is 8. The van der Waals surface area contributed by atoms with Crippen LogP contribution in [0.3, 0.4) is 0 Å². The minimum absolute atomic E-state index is 0.0470. The Balaban J connectivity index is 0.979. The Kier molecular flexibility index (Phi) is 10.1. The number of ketones is 1. The number of fused-ring (bicyclic) bond motifs is 7. The van der Waals surface area contributed by atoms with E-state index in [9.17, 15) is 4.79 Å². The quantitative estimate of drug-likeness (QED) is 0.152. The monoisotopic (exact) mass is 951 g/mol. The molecule has 0 unspecified atom stereocenters. The number of benzene rings is 11. The van der Waals surface area contributed by atoms with E-state index in [1.807, 2.05) is 23.9 Å². The summed E-state index contributed by atoms with van der Waals surface area (Å²) in [5, 5.41) is 2.29. The first-order valence-electron chi connectivity index (χ1n) is 24.8. The summed E-state index contributed by atoms with van der Waals surface area (Å²) in [6, 6.07) is 97.4.